The topological polar surface area (TPSA) is 54.7 Å². The van der Waals surface area contributed by atoms with E-state index in [4.69, 9.17) is 11.0 Å². The molecule has 16 heavy (non-hydrogen) atoms. The highest BCUT2D eigenvalue weighted by Crippen LogP contribution is 2.12. The minimum absolute atomic E-state index is 0.689. The lowest BCUT2D eigenvalue weighted by Crippen LogP contribution is -2.04. The molecule has 2 N–H and O–H groups in total. The molecular formula is C13H13N3. The fourth-order valence-electron chi connectivity index (χ4n) is 1.71. The summed E-state index contributed by atoms with van der Waals surface area (Å²) in [4.78, 5) is 0. The van der Waals surface area contributed by atoms with E-state index < -0.39 is 0 Å². The Morgan fingerprint density at radius 2 is 2.00 bits per heavy atom. The monoisotopic (exact) mass is 211 g/mol. The van der Waals surface area contributed by atoms with Crippen LogP contribution in [0.2, 0.25) is 0 Å². The number of nitrogens with two attached hydrogens (primary N) is 1. The first-order chi connectivity index (χ1) is 7.81. The Morgan fingerprint density at radius 1 is 1.19 bits per heavy atom. The zero-order valence-electron chi connectivity index (χ0n) is 8.93. The first-order valence-electron chi connectivity index (χ1n) is 5.20. The predicted octanol–water partition coefficient (Wildman–Crippen LogP) is 2.18. The van der Waals surface area contributed by atoms with E-state index in [1.807, 2.05) is 47.2 Å². The van der Waals surface area contributed by atoms with Gasteiger partial charge < -0.3 is 10.3 Å². The number of hydrogen-bond acceptors (Lipinski definition) is 2. The second-order valence-corrected chi connectivity index (χ2v) is 3.65. The van der Waals surface area contributed by atoms with Gasteiger partial charge in [-0.15, -0.1) is 0 Å². The largest absolute Gasteiger partial charge is 0.399 e. The van der Waals surface area contributed by atoms with E-state index in [1.54, 1.807) is 0 Å². The number of hydrogen-bond donors (Lipinski definition) is 1. The number of nitrogens with zero attached hydrogens (tertiary/aromatic N) is 2. The van der Waals surface area contributed by atoms with Crippen molar-refractivity contribution < 1.29 is 0 Å². The molecule has 0 fully saturated rings. The first-order valence-corrected chi connectivity index (χ1v) is 5.20. The number of nitriles is 1. The Bertz CT molecular complexity index is 518. The van der Waals surface area contributed by atoms with Crippen molar-refractivity contribution in [3.63, 3.8) is 0 Å². The maximum atomic E-state index is 8.86. The van der Waals surface area contributed by atoms with Gasteiger partial charge in [-0.3, -0.25) is 0 Å². The third-order valence-corrected chi connectivity index (χ3v) is 2.62. The summed E-state index contributed by atoms with van der Waals surface area (Å²) < 4.78 is 1.94. The molecule has 1 heterocycles. The molecule has 0 aliphatic carbocycles. The Hall–Kier alpha value is -2.21. The van der Waals surface area contributed by atoms with E-state index in [1.165, 1.54) is 0 Å². The van der Waals surface area contributed by atoms with Crippen molar-refractivity contribution in [3.8, 4) is 6.07 Å². The van der Waals surface area contributed by atoms with Crippen LogP contribution in [0.1, 0.15) is 11.3 Å². The molecule has 0 unspecified atom stereocenters. The van der Waals surface area contributed by atoms with Crippen molar-refractivity contribution in [1.29, 1.82) is 5.26 Å². The number of rotatable bonds is 3. The Balaban J connectivity index is 2.09. The van der Waals surface area contributed by atoms with Crippen LogP contribution in [0.25, 0.3) is 0 Å². The molecule has 2 aromatic rings. The van der Waals surface area contributed by atoms with Crippen LogP contribution in [0.15, 0.2) is 42.6 Å². The Morgan fingerprint density at radius 3 is 2.75 bits per heavy atom. The number of aryl methyl sites for hydroxylation is 2. The zero-order chi connectivity index (χ0) is 11.4. The van der Waals surface area contributed by atoms with Crippen LogP contribution in [0, 0.1) is 11.3 Å². The molecule has 0 aliphatic rings. The highest BCUT2D eigenvalue weighted by Gasteiger charge is 2.01. The van der Waals surface area contributed by atoms with Crippen molar-refractivity contribution in [3.05, 3.63) is 53.9 Å². The van der Waals surface area contributed by atoms with Gasteiger partial charge in [-0.1, -0.05) is 18.2 Å². The summed E-state index contributed by atoms with van der Waals surface area (Å²) in [6, 6.07) is 13.7. The van der Waals surface area contributed by atoms with Gasteiger partial charge in [0.2, 0.25) is 0 Å². The highest BCUT2D eigenvalue weighted by atomic mass is 15.0. The van der Waals surface area contributed by atoms with Gasteiger partial charge in [0.25, 0.3) is 0 Å². The van der Waals surface area contributed by atoms with Crippen LogP contribution in [0.4, 0.5) is 5.69 Å². The van der Waals surface area contributed by atoms with E-state index in [0.717, 1.165) is 24.2 Å². The minimum atomic E-state index is 0.689. The van der Waals surface area contributed by atoms with Crippen LogP contribution < -0.4 is 5.73 Å². The number of anilines is 1. The fraction of sp³-hybridized carbons (Fsp3) is 0.154. The lowest BCUT2D eigenvalue weighted by atomic mass is 10.1. The molecule has 0 spiro atoms. The van der Waals surface area contributed by atoms with Gasteiger partial charge in [0, 0.05) is 18.4 Å². The molecule has 3 heteroatoms. The molecule has 2 rings (SSSR count). The van der Waals surface area contributed by atoms with Crippen LogP contribution >= 0.6 is 0 Å². The second kappa shape index (κ2) is 4.54. The predicted molar refractivity (Wildman–Crippen MR) is 63.7 cm³/mol. The van der Waals surface area contributed by atoms with Crippen LogP contribution in [-0.2, 0) is 13.0 Å². The van der Waals surface area contributed by atoms with Crippen LogP contribution in [0.5, 0.6) is 0 Å². The third kappa shape index (κ3) is 2.06. The maximum Gasteiger partial charge on any atom is 0.120 e. The zero-order valence-corrected chi connectivity index (χ0v) is 8.93. The smallest absolute Gasteiger partial charge is 0.120 e. The van der Waals surface area contributed by atoms with Crippen LogP contribution in [0.3, 0.4) is 0 Å². The molecule has 0 bridgehead atoms. The Labute approximate surface area is 94.7 Å². The first kappa shape index (κ1) is 10.3. The summed E-state index contributed by atoms with van der Waals surface area (Å²) in [7, 11) is 0. The molecule has 0 amide bonds. The molecule has 0 saturated heterocycles. The van der Waals surface area contributed by atoms with E-state index in [2.05, 4.69) is 6.07 Å². The minimum Gasteiger partial charge on any atom is -0.399 e. The van der Waals surface area contributed by atoms with Gasteiger partial charge in [0.15, 0.2) is 0 Å². The van der Waals surface area contributed by atoms with Gasteiger partial charge in [-0.25, -0.2) is 0 Å². The summed E-state index contributed by atoms with van der Waals surface area (Å²) >= 11 is 0. The fourth-order valence-corrected chi connectivity index (χ4v) is 1.71. The van der Waals surface area contributed by atoms with Crippen molar-refractivity contribution >= 4 is 5.69 Å². The molecule has 0 radical (unpaired) electrons. The SMILES string of the molecule is N#Cc1cccn1CCc1ccccc1N. The van der Waals surface area contributed by atoms with E-state index in [9.17, 15) is 0 Å². The average molecular weight is 211 g/mol. The number of nitrogen functional groups attached to an aromatic ring is 1. The molecule has 80 valence electrons. The summed E-state index contributed by atoms with van der Waals surface area (Å²) in [5.41, 5.74) is 8.48. The van der Waals surface area contributed by atoms with E-state index in [-0.39, 0.29) is 0 Å². The van der Waals surface area contributed by atoms with Gasteiger partial charge in [0.05, 0.1) is 0 Å². The summed E-state index contributed by atoms with van der Waals surface area (Å²) in [5.74, 6) is 0. The highest BCUT2D eigenvalue weighted by molar-refractivity contribution is 5.46. The van der Waals surface area contributed by atoms with Crippen molar-refractivity contribution in [1.82, 2.24) is 4.57 Å². The molecule has 0 saturated carbocycles. The molecule has 1 aromatic carbocycles. The van der Waals surface area contributed by atoms with Crippen LogP contribution in [-0.4, -0.2) is 4.57 Å². The quantitative estimate of drug-likeness (QED) is 0.791. The van der Waals surface area contributed by atoms with E-state index in [0.29, 0.717) is 5.69 Å². The summed E-state index contributed by atoms with van der Waals surface area (Å²) in [5, 5.41) is 8.86. The van der Waals surface area contributed by atoms with Gasteiger partial charge in [-0.05, 0) is 30.2 Å². The van der Waals surface area contributed by atoms with Crippen molar-refractivity contribution in [2.75, 3.05) is 5.73 Å². The standard InChI is InChI=1S/C13H13N3/c14-10-12-5-3-8-16(12)9-7-11-4-1-2-6-13(11)15/h1-6,8H,7,9,15H2. The lowest BCUT2D eigenvalue weighted by molar-refractivity contribution is 0.694. The average Bonchev–Trinajstić information content (AvgIpc) is 2.75. The molecule has 0 atom stereocenters. The number of aromatic nitrogens is 1. The lowest BCUT2D eigenvalue weighted by Gasteiger charge is -2.07. The van der Waals surface area contributed by atoms with Crippen molar-refractivity contribution in [2.24, 2.45) is 0 Å². The van der Waals surface area contributed by atoms with E-state index >= 15 is 0 Å². The normalized spacial score (nSPS) is 9.94. The molecule has 3 nitrogen and oxygen atoms in total. The molecule has 1 aromatic heterocycles. The number of benzene rings is 1. The molecule has 0 aliphatic heterocycles. The van der Waals surface area contributed by atoms with Gasteiger partial charge in [-0.2, -0.15) is 5.26 Å². The summed E-state index contributed by atoms with van der Waals surface area (Å²) in [6.07, 6.45) is 2.76. The third-order valence-electron chi connectivity index (χ3n) is 2.62. The Kier molecular flexibility index (Phi) is 2.93. The maximum absolute atomic E-state index is 8.86. The molecular weight excluding hydrogens is 198 g/mol. The second-order valence-electron chi connectivity index (χ2n) is 3.65. The summed E-state index contributed by atoms with van der Waals surface area (Å²) in [6.45, 7) is 0.782. The number of para-hydroxylation sites is 1. The van der Waals surface area contributed by atoms with Gasteiger partial charge in [0.1, 0.15) is 11.8 Å². The van der Waals surface area contributed by atoms with Gasteiger partial charge >= 0.3 is 0 Å². The van der Waals surface area contributed by atoms with Crippen molar-refractivity contribution in [2.45, 2.75) is 13.0 Å².